The summed E-state index contributed by atoms with van der Waals surface area (Å²) in [5, 5.41) is 2.58. The van der Waals surface area contributed by atoms with Gasteiger partial charge in [-0.25, -0.2) is 33.5 Å². The first-order valence-electron chi connectivity index (χ1n) is 18.1. The number of rotatable bonds is 13. The highest BCUT2D eigenvalue weighted by Crippen LogP contribution is 2.30. The molecule has 4 heterocycles. The normalized spacial score (nSPS) is 13.7. The van der Waals surface area contributed by atoms with E-state index in [1.165, 1.54) is 18.5 Å². The lowest BCUT2D eigenvalue weighted by atomic mass is 9.91. The molecule has 0 saturated heterocycles. The Morgan fingerprint density at radius 1 is 0.745 bits per heavy atom. The average molecular weight is 804 g/mol. The molecule has 0 aromatic carbocycles. The minimum atomic E-state index is -0.646. The molecule has 2 atom stereocenters. The van der Waals surface area contributed by atoms with E-state index in [1.54, 1.807) is 37.3 Å². The van der Waals surface area contributed by atoms with E-state index in [-0.39, 0.29) is 22.5 Å². The summed E-state index contributed by atoms with van der Waals surface area (Å²) >= 11 is 11.5. The molecule has 0 bridgehead atoms. The Morgan fingerprint density at radius 2 is 1.18 bits per heavy atom. The van der Waals surface area contributed by atoms with Crippen LogP contribution >= 0.6 is 23.2 Å². The van der Waals surface area contributed by atoms with Crippen LogP contribution in [0.5, 0.6) is 11.5 Å². The van der Waals surface area contributed by atoms with Crippen LogP contribution in [0.2, 0.25) is 10.3 Å². The molecular weight excluding hydrogens is 749 g/mol. The maximum atomic E-state index is 14.3. The lowest BCUT2D eigenvalue weighted by Crippen LogP contribution is -2.52. The first kappa shape index (κ1) is 45.3. The van der Waals surface area contributed by atoms with Gasteiger partial charge < -0.3 is 25.3 Å². The van der Waals surface area contributed by atoms with E-state index >= 15 is 0 Å². The quantitative estimate of drug-likeness (QED) is 0.127. The molecule has 14 heteroatoms. The number of carbonyl (C=O) groups is 1. The van der Waals surface area contributed by atoms with Crippen molar-refractivity contribution in [3.05, 3.63) is 82.1 Å². The van der Waals surface area contributed by atoms with Gasteiger partial charge in [-0.1, -0.05) is 50.9 Å². The van der Waals surface area contributed by atoms with Gasteiger partial charge in [-0.15, -0.1) is 0 Å². The smallest absolute Gasteiger partial charge is 0.408 e. The fourth-order valence-electron chi connectivity index (χ4n) is 6.00. The van der Waals surface area contributed by atoms with E-state index in [0.717, 1.165) is 6.42 Å². The van der Waals surface area contributed by atoms with Crippen LogP contribution in [0.4, 0.5) is 13.6 Å². The van der Waals surface area contributed by atoms with E-state index in [9.17, 15) is 13.6 Å². The zero-order chi connectivity index (χ0) is 41.3. The van der Waals surface area contributed by atoms with Crippen LogP contribution in [0.1, 0.15) is 86.5 Å². The minimum Gasteiger partial charge on any atom is -0.490 e. The number of carbonyl (C=O) groups excluding carboxylic acids is 1. The molecule has 300 valence electrons. The number of ether oxygens (including phenoxy) is 3. The summed E-state index contributed by atoms with van der Waals surface area (Å²) in [5.74, 6) is 0.807. The third kappa shape index (κ3) is 14.1. The first-order valence-corrected chi connectivity index (χ1v) is 18.9. The Labute approximate surface area is 333 Å². The molecule has 4 aromatic rings. The fourth-order valence-corrected chi connectivity index (χ4v) is 6.32. The molecule has 0 aliphatic heterocycles. The van der Waals surface area contributed by atoms with Crippen molar-refractivity contribution in [1.82, 2.24) is 25.3 Å². The lowest BCUT2D eigenvalue weighted by molar-refractivity contribution is 0.0407. The Kier molecular flexibility index (Phi) is 15.8. The molecular formula is C41H54Cl2F2N6O4. The van der Waals surface area contributed by atoms with Crippen LogP contribution in [-0.2, 0) is 4.74 Å². The van der Waals surface area contributed by atoms with E-state index in [4.69, 9.17) is 43.1 Å². The summed E-state index contributed by atoms with van der Waals surface area (Å²) in [6.07, 6.45) is 3.94. The van der Waals surface area contributed by atoms with E-state index < -0.39 is 34.4 Å². The van der Waals surface area contributed by atoms with Gasteiger partial charge in [0.05, 0.1) is 28.3 Å². The molecule has 0 unspecified atom stereocenters. The maximum absolute atomic E-state index is 14.3. The van der Waals surface area contributed by atoms with Crippen molar-refractivity contribution in [2.24, 2.45) is 17.6 Å². The van der Waals surface area contributed by atoms with Crippen LogP contribution in [0, 0.1) is 37.3 Å². The Bertz CT molecular complexity index is 1920. The zero-order valence-electron chi connectivity index (χ0n) is 33.6. The van der Waals surface area contributed by atoms with Crippen LogP contribution in [0.3, 0.4) is 0 Å². The van der Waals surface area contributed by atoms with Gasteiger partial charge in [0, 0.05) is 29.1 Å². The van der Waals surface area contributed by atoms with Crippen LogP contribution in [-0.4, -0.2) is 55.9 Å². The molecule has 4 aromatic heterocycles. The van der Waals surface area contributed by atoms with Crippen LogP contribution < -0.4 is 20.5 Å². The summed E-state index contributed by atoms with van der Waals surface area (Å²) < 4.78 is 45.6. The van der Waals surface area contributed by atoms with Crippen LogP contribution in [0.25, 0.3) is 22.5 Å². The monoisotopic (exact) mass is 802 g/mol. The highest BCUT2D eigenvalue weighted by atomic mass is 35.5. The molecule has 4 rings (SSSR count). The molecule has 0 saturated carbocycles. The SMILES string of the molecule is Cc1nc(-c2ccnc(Cl)c2F)ccc1OC[C@@](C)(N)CC(C)C.Cc1nc(-c2ccnc(Cl)c2F)ccc1OC[C@](C)(CC(C)C)NC(=O)OC(C)(C)C. The first-order chi connectivity index (χ1) is 25.5. The van der Waals surface area contributed by atoms with E-state index in [2.05, 4.69) is 52.9 Å². The van der Waals surface area contributed by atoms with Gasteiger partial charge in [0.25, 0.3) is 0 Å². The van der Waals surface area contributed by atoms with Crippen molar-refractivity contribution in [1.29, 1.82) is 0 Å². The second-order valence-electron chi connectivity index (χ2n) is 16.1. The van der Waals surface area contributed by atoms with Crippen molar-refractivity contribution in [3.63, 3.8) is 0 Å². The zero-order valence-corrected chi connectivity index (χ0v) is 35.1. The molecule has 1 amide bonds. The summed E-state index contributed by atoms with van der Waals surface area (Å²) in [4.78, 5) is 28.6. The molecule has 0 aliphatic rings. The second-order valence-corrected chi connectivity index (χ2v) is 16.8. The van der Waals surface area contributed by atoms with Gasteiger partial charge in [0.15, 0.2) is 21.9 Å². The van der Waals surface area contributed by atoms with Gasteiger partial charge in [-0.3, -0.25) is 0 Å². The topological polar surface area (TPSA) is 134 Å². The number of aromatic nitrogens is 4. The minimum absolute atomic E-state index is 0.167. The second kappa shape index (κ2) is 19.1. The third-order valence-electron chi connectivity index (χ3n) is 7.96. The molecule has 0 fully saturated rings. The lowest BCUT2D eigenvalue weighted by Gasteiger charge is -2.33. The van der Waals surface area contributed by atoms with Gasteiger partial charge in [0.2, 0.25) is 0 Å². The highest BCUT2D eigenvalue weighted by Gasteiger charge is 2.31. The standard InChI is InChI=1S/C23H31ClFN3O3.C18H23ClFN3O/c1-14(2)12-23(7,28-21(29)31-22(4,5)6)13-30-18-9-8-17(27-15(18)3)16-10-11-26-20(24)19(16)25;1-11(2)9-18(4,21)10-24-15-6-5-14(23-12(15)3)13-7-8-22-17(19)16(13)20/h8-11,14H,12-13H2,1-7H3,(H,28,29);5-8,11H,9-10,21H2,1-4H3/t23-;18-/m00/s1. The Balaban J connectivity index is 0.000000305. The van der Waals surface area contributed by atoms with E-state index in [0.29, 0.717) is 64.7 Å². The fraction of sp³-hybridized carbons (Fsp3) is 0.488. The van der Waals surface area contributed by atoms with Gasteiger partial charge in [0.1, 0.15) is 30.3 Å². The van der Waals surface area contributed by atoms with Gasteiger partial charge in [-0.2, -0.15) is 0 Å². The predicted octanol–water partition coefficient (Wildman–Crippen LogP) is 10.3. The third-order valence-corrected chi connectivity index (χ3v) is 8.49. The Hall–Kier alpha value is -4.13. The molecule has 3 N–H and O–H groups in total. The number of nitrogens with one attached hydrogen (secondary N) is 1. The average Bonchev–Trinajstić information content (AvgIpc) is 3.04. The van der Waals surface area contributed by atoms with Crippen molar-refractivity contribution in [2.45, 2.75) is 106 Å². The number of hydrogen-bond donors (Lipinski definition) is 2. The maximum Gasteiger partial charge on any atom is 0.408 e. The van der Waals surface area contributed by atoms with Crippen molar-refractivity contribution < 1.29 is 27.8 Å². The number of amides is 1. The number of nitrogens with zero attached hydrogens (tertiary/aromatic N) is 4. The number of aryl methyl sites for hydroxylation is 2. The summed E-state index contributed by atoms with van der Waals surface area (Å²) in [5.41, 5.74) is 7.37. The van der Waals surface area contributed by atoms with Crippen molar-refractivity contribution in [3.8, 4) is 34.0 Å². The molecule has 10 nitrogen and oxygen atoms in total. The summed E-state index contributed by atoms with van der Waals surface area (Å²) in [6, 6.07) is 9.94. The summed E-state index contributed by atoms with van der Waals surface area (Å²) in [7, 11) is 0. The number of pyridine rings is 4. The van der Waals surface area contributed by atoms with Crippen LogP contribution in [0.15, 0.2) is 48.8 Å². The van der Waals surface area contributed by atoms with Gasteiger partial charge >= 0.3 is 6.09 Å². The molecule has 55 heavy (non-hydrogen) atoms. The highest BCUT2D eigenvalue weighted by molar-refractivity contribution is 6.30. The van der Waals surface area contributed by atoms with Crippen molar-refractivity contribution in [2.75, 3.05) is 13.2 Å². The number of halogens is 4. The number of hydrogen-bond acceptors (Lipinski definition) is 9. The molecule has 0 aliphatic carbocycles. The number of alkyl carbamates (subject to hydrolysis) is 1. The summed E-state index contributed by atoms with van der Waals surface area (Å²) in [6.45, 7) is 22.0. The predicted molar refractivity (Wildman–Crippen MR) is 215 cm³/mol. The molecule has 0 spiro atoms. The van der Waals surface area contributed by atoms with Crippen molar-refractivity contribution >= 4 is 29.3 Å². The van der Waals surface area contributed by atoms with Gasteiger partial charge in [-0.05, 0) is 110 Å². The molecule has 0 radical (unpaired) electrons. The van der Waals surface area contributed by atoms with E-state index in [1.807, 2.05) is 41.5 Å². The number of nitrogens with two attached hydrogens (primary N) is 1. The Morgan fingerprint density at radius 3 is 1.58 bits per heavy atom. The largest absolute Gasteiger partial charge is 0.490 e.